The first-order valence-corrected chi connectivity index (χ1v) is 8.75. The van der Waals surface area contributed by atoms with E-state index in [2.05, 4.69) is 32.1 Å². The van der Waals surface area contributed by atoms with Crippen molar-refractivity contribution in [2.24, 2.45) is 0 Å². The molecule has 6 heteroatoms. The van der Waals surface area contributed by atoms with Crippen molar-refractivity contribution in [3.05, 3.63) is 60.6 Å². The SMILES string of the molecule is CN1CCN(c2cnc(C(=O)Nc3cccc4ccccc34)cn2)CC1. The first-order valence-electron chi connectivity index (χ1n) is 8.75. The van der Waals surface area contributed by atoms with E-state index in [1.54, 1.807) is 12.4 Å². The molecule has 1 amide bonds. The Morgan fingerprint density at radius 3 is 2.50 bits per heavy atom. The number of piperazine rings is 1. The van der Waals surface area contributed by atoms with Crippen LogP contribution in [0.25, 0.3) is 10.8 Å². The summed E-state index contributed by atoms with van der Waals surface area (Å²) >= 11 is 0. The normalized spacial score (nSPS) is 15.2. The molecule has 0 saturated carbocycles. The fourth-order valence-corrected chi connectivity index (χ4v) is 3.16. The zero-order valence-corrected chi connectivity index (χ0v) is 14.7. The number of hydrogen-bond donors (Lipinski definition) is 1. The Morgan fingerprint density at radius 1 is 0.962 bits per heavy atom. The van der Waals surface area contributed by atoms with Crippen molar-refractivity contribution in [3.8, 4) is 0 Å². The third-order valence-electron chi connectivity index (χ3n) is 4.74. The lowest BCUT2D eigenvalue weighted by atomic mass is 10.1. The predicted molar refractivity (Wildman–Crippen MR) is 104 cm³/mol. The van der Waals surface area contributed by atoms with Crippen LogP contribution in [0.3, 0.4) is 0 Å². The maximum Gasteiger partial charge on any atom is 0.275 e. The molecule has 1 saturated heterocycles. The Bertz CT molecular complexity index is 912. The molecule has 1 aliphatic heterocycles. The minimum atomic E-state index is -0.251. The third-order valence-corrected chi connectivity index (χ3v) is 4.74. The van der Waals surface area contributed by atoms with Crippen molar-refractivity contribution >= 4 is 28.2 Å². The molecule has 2 aromatic carbocycles. The van der Waals surface area contributed by atoms with E-state index >= 15 is 0 Å². The smallest absolute Gasteiger partial charge is 0.275 e. The average Bonchev–Trinajstić information content (AvgIpc) is 2.69. The summed E-state index contributed by atoms with van der Waals surface area (Å²) in [6, 6.07) is 13.8. The van der Waals surface area contributed by atoms with Crippen molar-refractivity contribution < 1.29 is 4.79 Å². The van der Waals surface area contributed by atoms with Gasteiger partial charge in [0.2, 0.25) is 0 Å². The van der Waals surface area contributed by atoms with Crippen LogP contribution >= 0.6 is 0 Å². The van der Waals surface area contributed by atoms with Gasteiger partial charge >= 0.3 is 0 Å². The van der Waals surface area contributed by atoms with Crippen LogP contribution in [0.15, 0.2) is 54.9 Å². The number of nitrogens with one attached hydrogen (secondary N) is 1. The summed E-state index contributed by atoms with van der Waals surface area (Å²) in [7, 11) is 2.11. The van der Waals surface area contributed by atoms with Crippen molar-refractivity contribution in [1.29, 1.82) is 0 Å². The van der Waals surface area contributed by atoms with Gasteiger partial charge in [-0.05, 0) is 18.5 Å². The zero-order chi connectivity index (χ0) is 17.9. The molecule has 0 unspecified atom stereocenters. The van der Waals surface area contributed by atoms with Gasteiger partial charge in [0.25, 0.3) is 5.91 Å². The second-order valence-corrected chi connectivity index (χ2v) is 6.53. The van der Waals surface area contributed by atoms with Crippen molar-refractivity contribution in [1.82, 2.24) is 14.9 Å². The van der Waals surface area contributed by atoms with Gasteiger partial charge in [-0.2, -0.15) is 0 Å². The molecular formula is C20H21N5O. The van der Waals surface area contributed by atoms with E-state index in [0.29, 0.717) is 5.69 Å². The Kier molecular flexibility index (Phi) is 4.50. The van der Waals surface area contributed by atoms with Gasteiger partial charge in [-0.1, -0.05) is 36.4 Å². The maximum atomic E-state index is 12.6. The molecule has 0 radical (unpaired) electrons. The topological polar surface area (TPSA) is 61.4 Å². The number of anilines is 2. The lowest BCUT2D eigenvalue weighted by Crippen LogP contribution is -2.44. The number of amides is 1. The Balaban J connectivity index is 1.50. The minimum absolute atomic E-state index is 0.251. The van der Waals surface area contributed by atoms with Crippen LogP contribution in [-0.2, 0) is 0 Å². The molecule has 0 aliphatic carbocycles. The maximum absolute atomic E-state index is 12.6. The van der Waals surface area contributed by atoms with Crippen LogP contribution in [0.4, 0.5) is 11.5 Å². The highest BCUT2D eigenvalue weighted by Crippen LogP contribution is 2.23. The highest BCUT2D eigenvalue weighted by molar-refractivity contribution is 6.08. The fourth-order valence-electron chi connectivity index (χ4n) is 3.16. The first-order chi connectivity index (χ1) is 12.7. The number of likely N-dealkylation sites (N-methyl/N-ethyl adjacent to an activating group) is 1. The summed E-state index contributed by atoms with van der Waals surface area (Å²) in [5, 5.41) is 5.03. The van der Waals surface area contributed by atoms with E-state index in [1.807, 2.05) is 42.5 Å². The summed E-state index contributed by atoms with van der Waals surface area (Å²) in [5.74, 6) is 0.568. The van der Waals surface area contributed by atoms with E-state index in [9.17, 15) is 4.79 Å². The standard InChI is InChI=1S/C20H21N5O/c1-24-9-11-25(12-10-24)19-14-21-18(13-22-19)20(26)23-17-8-4-6-15-5-2-3-7-16(15)17/h2-8,13-14H,9-12H2,1H3,(H,23,26). The number of carbonyl (C=O) groups is 1. The number of nitrogens with zero attached hydrogens (tertiary/aromatic N) is 4. The number of hydrogen-bond acceptors (Lipinski definition) is 5. The predicted octanol–water partition coefficient (Wildman–Crippen LogP) is 2.63. The fraction of sp³-hybridized carbons (Fsp3) is 0.250. The van der Waals surface area contributed by atoms with Crippen LogP contribution in [0.2, 0.25) is 0 Å². The van der Waals surface area contributed by atoms with Gasteiger partial charge in [0.1, 0.15) is 11.5 Å². The number of carbonyl (C=O) groups excluding carboxylic acids is 1. The molecule has 0 spiro atoms. The zero-order valence-electron chi connectivity index (χ0n) is 14.7. The van der Waals surface area contributed by atoms with E-state index < -0.39 is 0 Å². The number of benzene rings is 2. The summed E-state index contributed by atoms with van der Waals surface area (Å²) in [5.41, 5.74) is 1.09. The lowest BCUT2D eigenvalue weighted by Gasteiger charge is -2.32. The van der Waals surface area contributed by atoms with E-state index in [1.165, 1.54) is 0 Å². The molecular weight excluding hydrogens is 326 g/mol. The van der Waals surface area contributed by atoms with E-state index in [4.69, 9.17) is 0 Å². The molecule has 0 atom stereocenters. The number of aromatic nitrogens is 2. The monoisotopic (exact) mass is 347 g/mol. The summed E-state index contributed by atoms with van der Waals surface area (Å²) in [6.07, 6.45) is 3.23. The van der Waals surface area contributed by atoms with Gasteiger partial charge in [-0.25, -0.2) is 9.97 Å². The van der Waals surface area contributed by atoms with Crippen LogP contribution in [-0.4, -0.2) is 54.0 Å². The quantitative estimate of drug-likeness (QED) is 0.789. The molecule has 1 fully saturated rings. The molecule has 3 aromatic rings. The molecule has 1 N–H and O–H groups in total. The van der Waals surface area contributed by atoms with E-state index in [0.717, 1.165) is 48.5 Å². The van der Waals surface area contributed by atoms with Crippen molar-refractivity contribution in [2.75, 3.05) is 43.4 Å². The lowest BCUT2D eigenvalue weighted by molar-refractivity contribution is 0.102. The third kappa shape index (κ3) is 3.36. The van der Waals surface area contributed by atoms with Gasteiger partial charge in [0.15, 0.2) is 0 Å². The Morgan fingerprint density at radius 2 is 1.73 bits per heavy atom. The number of rotatable bonds is 3. The molecule has 1 aromatic heterocycles. The average molecular weight is 347 g/mol. The molecule has 4 rings (SSSR count). The van der Waals surface area contributed by atoms with Gasteiger partial charge < -0.3 is 15.1 Å². The molecule has 2 heterocycles. The summed E-state index contributed by atoms with van der Waals surface area (Å²) in [6.45, 7) is 3.86. The Hall–Kier alpha value is -2.99. The van der Waals surface area contributed by atoms with Crippen molar-refractivity contribution in [3.63, 3.8) is 0 Å². The van der Waals surface area contributed by atoms with Gasteiger partial charge in [0.05, 0.1) is 12.4 Å². The molecule has 26 heavy (non-hydrogen) atoms. The second-order valence-electron chi connectivity index (χ2n) is 6.53. The molecule has 1 aliphatic rings. The summed E-state index contributed by atoms with van der Waals surface area (Å²) < 4.78 is 0. The van der Waals surface area contributed by atoms with Crippen molar-refractivity contribution in [2.45, 2.75) is 0 Å². The molecule has 0 bridgehead atoms. The van der Waals surface area contributed by atoms with Crippen LogP contribution < -0.4 is 10.2 Å². The summed E-state index contributed by atoms with van der Waals surface area (Å²) in [4.78, 5) is 25.8. The van der Waals surface area contributed by atoms with Gasteiger partial charge in [0, 0.05) is 37.3 Å². The largest absolute Gasteiger partial charge is 0.353 e. The number of fused-ring (bicyclic) bond motifs is 1. The molecule has 6 nitrogen and oxygen atoms in total. The minimum Gasteiger partial charge on any atom is -0.353 e. The second kappa shape index (κ2) is 7.09. The van der Waals surface area contributed by atoms with E-state index in [-0.39, 0.29) is 5.91 Å². The van der Waals surface area contributed by atoms with Gasteiger partial charge in [-0.15, -0.1) is 0 Å². The van der Waals surface area contributed by atoms with Gasteiger partial charge in [-0.3, -0.25) is 4.79 Å². The first kappa shape index (κ1) is 16.5. The van der Waals surface area contributed by atoms with Crippen LogP contribution in [0.1, 0.15) is 10.5 Å². The van der Waals surface area contributed by atoms with Crippen LogP contribution in [0, 0.1) is 0 Å². The Labute approximate surface area is 152 Å². The highest BCUT2D eigenvalue weighted by atomic mass is 16.1. The highest BCUT2D eigenvalue weighted by Gasteiger charge is 2.16. The molecule has 132 valence electrons. The van der Waals surface area contributed by atoms with Crippen LogP contribution in [0.5, 0.6) is 0 Å².